The van der Waals surface area contributed by atoms with E-state index < -0.39 is 0 Å². The van der Waals surface area contributed by atoms with Crippen molar-refractivity contribution in [1.29, 1.82) is 0 Å². The molecule has 0 aromatic carbocycles. The van der Waals surface area contributed by atoms with Crippen LogP contribution in [0.25, 0.3) is 0 Å². The summed E-state index contributed by atoms with van der Waals surface area (Å²) in [5.41, 5.74) is 0.171. The highest BCUT2D eigenvalue weighted by molar-refractivity contribution is 7.80. The van der Waals surface area contributed by atoms with E-state index in [1.54, 1.807) is 7.11 Å². The molecule has 0 N–H and O–H groups in total. The van der Waals surface area contributed by atoms with Crippen molar-refractivity contribution in [1.82, 2.24) is 0 Å². The summed E-state index contributed by atoms with van der Waals surface area (Å²) < 4.78 is 5.33. The Morgan fingerprint density at radius 2 is 2.06 bits per heavy atom. The van der Waals surface area contributed by atoms with Crippen LogP contribution in [0.1, 0.15) is 46.0 Å². The summed E-state index contributed by atoms with van der Waals surface area (Å²) in [4.78, 5) is 0. The van der Waals surface area contributed by atoms with Crippen LogP contribution in [0, 0.1) is 29.1 Å². The number of rotatable bonds is 5. The van der Waals surface area contributed by atoms with E-state index in [-0.39, 0.29) is 5.41 Å². The van der Waals surface area contributed by atoms with Crippen LogP contribution in [-0.2, 0) is 4.74 Å². The van der Waals surface area contributed by atoms with Gasteiger partial charge in [0.2, 0.25) is 0 Å². The average Bonchev–Trinajstić information content (AvgIpc) is 2.21. The minimum atomic E-state index is 0.171. The van der Waals surface area contributed by atoms with Crippen LogP contribution in [0.3, 0.4) is 0 Å². The normalized spacial score (nSPS) is 25.6. The fourth-order valence-electron chi connectivity index (χ4n) is 2.62. The molecule has 0 fully saturated rings. The first-order valence-corrected chi connectivity index (χ1v) is 7.31. The van der Waals surface area contributed by atoms with Gasteiger partial charge >= 0.3 is 0 Å². The lowest BCUT2D eigenvalue weighted by molar-refractivity contribution is 0.0723. The van der Waals surface area contributed by atoms with E-state index in [1.807, 2.05) is 0 Å². The van der Waals surface area contributed by atoms with Crippen molar-refractivity contribution in [2.75, 3.05) is 19.5 Å². The highest BCUT2D eigenvalue weighted by atomic mass is 32.1. The molecule has 0 aromatic heterocycles. The van der Waals surface area contributed by atoms with Gasteiger partial charge in [0.1, 0.15) is 0 Å². The SMILES string of the molecule is COCC(C)(C)C1C#CCCC(CCS)CC1. The van der Waals surface area contributed by atoms with Gasteiger partial charge < -0.3 is 4.74 Å². The molecular weight excluding hydrogens is 228 g/mol. The number of methoxy groups -OCH3 is 1. The molecule has 0 spiro atoms. The molecule has 98 valence electrons. The zero-order valence-corrected chi connectivity index (χ0v) is 12.4. The molecule has 2 atom stereocenters. The van der Waals surface area contributed by atoms with Gasteiger partial charge in [-0.15, -0.1) is 5.92 Å². The third kappa shape index (κ3) is 4.94. The van der Waals surface area contributed by atoms with Crippen LogP contribution in [0.5, 0.6) is 0 Å². The molecule has 0 saturated heterocycles. The van der Waals surface area contributed by atoms with E-state index in [9.17, 15) is 0 Å². The predicted octanol–water partition coefficient (Wildman–Crippen LogP) is 3.79. The van der Waals surface area contributed by atoms with Crippen molar-refractivity contribution < 1.29 is 4.74 Å². The standard InChI is InChI=1S/C15H26OS/c1-15(2,12-16-3)14-7-5-4-6-13(8-9-14)10-11-17/h13-14,17H,4,6,8-12H2,1-3H3. The van der Waals surface area contributed by atoms with Crippen LogP contribution >= 0.6 is 12.6 Å². The Hall–Kier alpha value is -0.130. The molecule has 1 rings (SSSR count). The van der Waals surface area contributed by atoms with Crippen LogP contribution in [0.4, 0.5) is 0 Å². The van der Waals surface area contributed by atoms with Gasteiger partial charge in [0, 0.05) is 24.9 Å². The lowest BCUT2D eigenvalue weighted by atomic mass is 9.75. The third-order valence-corrected chi connectivity index (χ3v) is 4.07. The molecule has 2 heteroatoms. The second kappa shape index (κ2) is 7.34. The van der Waals surface area contributed by atoms with E-state index in [0.717, 1.165) is 24.7 Å². The predicted molar refractivity (Wildman–Crippen MR) is 77.4 cm³/mol. The number of ether oxygens (including phenoxy) is 1. The Bertz CT molecular complexity index is 274. The van der Waals surface area contributed by atoms with Gasteiger partial charge in [0.05, 0.1) is 6.61 Å². The van der Waals surface area contributed by atoms with Gasteiger partial charge in [-0.3, -0.25) is 0 Å². The molecule has 1 nitrogen and oxygen atoms in total. The molecule has 1 aliphatic carbocycles. The molecule has 0 radical (unpaired) electrons. The average molecular weight is 254 g/mol. The maximum atomic E-state index is 5.33. The fraction of sp³-hybridized carbons (Fsp3) is 0.867. The summed E-state index contributed by atoms with van der Waals surface area (Å²) in [5.74, 6) is 9.12. The Balaban J connectivity index is 2.61. The first-order valence-electron chi connectivity index (χ1n) is 6.68. The van der Waals surface area contributed by atoms with Crippen molar-refractivity contribution in [3.05, 3.63) is 0 Å². The van der Waals surface area contributed by atoms with Crippen molar-refractivity contribution >= 4 is 12.6 Å². The highest BCUT2D eigenvalue weighted by Crippen LogP contribution is 2.33. The van der Waals surface area contributed by atoms with Gasteiger partial charge in [-0.05, 0) is 37.4 Å². The first kappa shape index (κ1) is 14.9. The molecule has 17 heavy (non-hydrogen) atoms. The molecule has 0 aliphatic heterocycles. The summed E-state index contributed by atoms with van der Waals surface area (Å²) in [6, 6.07) is 0. The van der Waals surface area contributed by atoms with Gasteiger partial charge in [-0.2, -0.15) is 12.6 Å². The lowest BCUT2D eigenvalue weighted by Gasteiger charge is -2.32. The zero-order valence-electron chi connectivity index (χ0n) is 11.5. The van der Waals surface area contributed by atoms with E-state index in [2.05, 4.69) is 38.3 Å². The molecule has 0 aromatic rings. The maximum absolute atomic E-state index is 5.33. The largest absolute Gasteiger partial charge is 0.384 e. The molecule has 0 saturated carbocycles. The lowest BCUT2D eigenvalue weighted by Crippen LogP contribution is -2.29. The monoisotopic (exact) mass is 254 g/mol. The summed E-state index contributed by atoms with van der Waals surface area (Å²) in [5, 5.41) is 0. The van der Waals surface area contributed by atoms with Crippen LogP contribution < -0.4 is 0 Å². The molecule has 0 amide bonds. The topological polar surface area (TPSA) is 9.23 Å². The number of hydrogen-bond acceptors (Lipinski definition) is 2. The van der Waals surface area contributed by atoms with Crippen molar-refractivity contribution in [3.8, 4) is 11.8 Å². The van der Waals surface area contributed by atoms with Crippen LogP contribution in [0.2, 0.25) is 0 Å². The van der Waals surface area contributed by atoms with Gasteiger partial charge in [-0.25, -0.2) is 0 Å². The Labute approximate surface area is 112 Å². The Kier molecular flexibility index (Phi) is 6.44. The van der Waals surface area contributed by atoms with E-state index in [1.165, 1.54) is 25.7 Å². The molecule has 0 bridgehead atoms. The smallest absolute Gasteiger partial charge is 0.0525 e. The van der Waals surface area contributed by atoms with E-state index >= 15 is 0 Å². The maximum Gasteiger partial charge on any atom is 0.0525 e. The van der Waals surface area contributed by atoms with Crippen molar-refractivity contribution in [2.24, 2.45) is 17.3 Å². The molecule has 2 unspecified atom stereocenters. The second-order valence-electron chi connectivity index (χ2n) is 5.79. The van der Waals surface area contributed by atoms with E-state index in [0.29, 0.717) is 5.92 Å². The summed E-state index contributed by atoms with van der Waals surface area (Å²) in [6.45, 7) is 5.33. The number of hydrogen-bond donors (Lipinski definition) is 1. The highest BCUT2D eigenvalue weighted by Gasteiger charge is 2.29. The quantitative estimate of drug-likeness (QED) is 0.580. The van der Waals surface area contributed by atoms with Crippen molar-refractivity contribution in [2.45, 2.75) is 46.0 Å². The summed E-state index contributed by atoms with van der Waals surface area (Å²) >= 11 is 4.35. The van der Waals surface area contributed by atoms with Crippen LogP contribution in [-0.4, -0.2) is 19.5 Å². The molecule has 0 heterocycles. The Morgan fingerprint density at radius 1 is 1.29 bits per heavy atom. The Morgan fingerprint density at radius 3 is 2.71 bits per heavy atom. The van der Waals surface area contributed by atoms with Crippen LogP contribution in [0.15, 0.2) is 0 Å². The van der Waals surface area contributed by atoms with Gasteiger partial charge in [-0.1, -0.05) is 19.8 Å². The van der Waals surface area contributed by atoms with Gasteiger partial charge in [0.25, 0.3) is 0 Å². The second-order valence-corrected chi connectivity index (χ2v) is 6.24. The summed E-state index contributed by atoms with van der Waals surface area (Å²) in [6.07, 6.45) is 6.06. The van der Waals surface area contributed by atoms with Gasteiger partial charge in [0.15, 0.2) is 0 Å². The minimum absolute atomic E-state index is 0.171. The fourth-order valence-corrected chi connectivity index (χ4v) is 2.99. The number of thiol groups is 1. The van der Waals surface area contributed by atoms with Crippen molar-refractivity contribution in [3.63, 3.8) is 0 Å². The zero-order chi connectivity index (χ0) is 12.7. The van der Waals surface area contributed by atoms with E-state index in [4.69, 9.17) is 4.74 Å². The molecule has 1 aliphatic rings. The summed E-state index contributed by atoms with van der Waals surface area (Å²) in [7, 11) is 1.78. The molecular formula is C15H26OS. The minimum Gasteiger partial charge on any atom is -0.384 e. The third-order valence-electron chi connectivity index (χ3n) is 3.81. The first-order chi connectivity index (χ1) is 8.10.